The first-order chi connectivity index (χ1) is 10.7. The molecule has 0 bridgehead atoms. The Morgan fingerprint density at radius 2 is 1.74 bits per heavy atom. The smallest absolute Gasteiger partial charge is 0.224 e. The van der Waals surface area contributed by atoms with Crippen molar-refractivity contribution in [2.24, 2.45) is 0 Å². The van der Waals surface area contributed by atoms with E-state index in [9.17, 15) is 4.79 Å². The summed E-state index contributed by atoms with van der Waals surface area (Å²) in [5, 5.41) is 6.31. The van der Waals surface area contributed by atoms with E-state index in [0.29, 0.717) is 6.42 Å². The van der Waals surface area contributed by atoms with Crippen LogP contribution >= 0.6 is 12.4 Å². The third-order valence-electron chi connectivity index (χ3n) is 3.62. The van der Waals surface area contributed by atoms with Crippen molar-refractivity contribution in [3.63, 3.8) is 0 Å². The molecule has 0 saturated carbocycles. The molecule has 2 aromatic rings. The van der Waals surface area contributed by atoms with Gasteiger partial charge >= 0.3 is 0 Å². The van der Waals surface area contributed by atoms with Gasteiger partial charge in [-0.05, 0) is 37.1 Å². The van der Waals surface area contributed by atoms with Crippen LogP contribution in [0.25, 0.3) is 0 Å². The minimum atomic E-state index is 0. The van der Waals surface area contributed by atoms with Gasteiger partial charge in [0.1, 0.15) is 0 Å². The van der Waals surface area contributed by atoms with Crippen LogP contribution in [-0.2, 0) is 17.8 Å². The highest BCUT2D eigenvalue weighted by Gasteiger charge is 2.06. The van der Waals surface area contributed by atoms with Crippen molar-refractivity contribution < 1.29 is 4.79 Å². The number of carbonyl (C=O) groups is 1. The maximum atomic E-state index is 12.1. The van der Waals surface area contributed by atoms with E-state index >= 15 is 0 Å². The van der Waals surface area contributed by atoms with Crippen molar-refractivity contribution in [3.8, 4) is 0 Å². The standard InChI is InChI=1S/C19H24N2O.ClH/c1-3-20-14-17-6-4-5-7-18(17)21-19(22)13-12-16-10-8-15(2)9-11-16;/h4-11,20H,3,12-14H2,1-2H3,(H,21,22);1H. The fraction of sp³-hybridized carbons (Fsp3) is 0.316. The molecule has 0 fully saturated rings. The molecule has 0 heterocycles. The van der Waals surface area contributed by atoms with Gasteiger partial charge in [0, 0.05) is 18.7 Å². The van der Waals surface area contributed by atoms with Crippen LogP contribution in [-0.4, -0.2) is 12.5 Å². The minimum absolute atomic E-state index is 0. The maximum absolute atomic E-state index is 12.1. The van der Waals surface area contributed by atoms with Gasteiger partial charge in [-0.25, -0.2) is 0 Å². The second-order valence-corrected chi connectivity index (χ2v) is 5.47. The number of benzene rings is 2. The van der Waals surface area contributed by atoms with E-state index < -0.39 is 0 Å². The lowest BCUT2D eigenvalue weighted by Crippen LogP contribution is -2.17. The number of rotatable bonds is 7. The van der Waals surface area contributed by atoms with E-state index in [2.05, 4.69) is 48.7 Å². The summed E-state index contributed by atoms with van der Waals surface area (Å²) in [4.78, 5) is 12.1. The van der Waals surface area contributed by atoms with Crippen molar-refractivity contribution in [1.29, 1.82) is 0 Å². The van der Waals surface area contributed by atoms with E-state index in [1.165, 1.54) is 11.1 Å². The molecule has 2 N–H and O–H groups in total. The fourth-order valence-electron chi connectivity index (χ4n) is 2.28. The van der Waals surface area contributed by atoms with Crippen LogP contribution in [0.2, 0.25) is 0 Å². The lowest BCUT2D eigenvalue weighted by atomic mass is 10.1. The van der Waals surface area contributed by atoms with Gasteiger partial charge in [-0.3, -0.25) is 4.79 Å². The van der Waals surface area contributed by atoms with E-state index in [1.54, 1.807) is 0 Å². The summed E-state index contributed by atoms with van der Waals surface area (Å²) < 4.78 is 0. The van der Waals surface area contributed by atoms with Gasteiger partial charge in [-0.1, -0.05) is 55.0 Å². The summed E-state index contributed by atoms with van der Waals surface area (Å²) >= 11 is 0. The molecular weight excluding hydrogens is 308 g/mol. The van der Waals surface area contributed by atoms with E-state index in [4.69, 9.17) is 0 Å². The average molecular weight is 333 g/mol. The number of halogens is 1. The molecule has 1 amide bonds. The Kier molecular flexibility index (Phi) is 8.38. The van der Waals surface area contributed by atoms with Gasteiger partial charge in [0.15, 0.2) is 0 Å². The first kappa shape index (κ1) is 19.2. The van der Waals surface area contributed by atoms with Crippen LogP contribution in [0.15, 0.2) is 48.5 Å². The van der Waals surface area contributed by atoms with Crippen LogP contribution in [0.1, 0.15) is 30.0 Å². The number of hydrogen-bond acceptors (Lipinski definition) is 2. The quantitative estimate of drug-likeness (QED) is 0.801. The van der Waals surface area contributed by atoms with Gasteiger partial charge < -0.3 is 10.6 Å². The Hall–Kier alpha value is -1.84. The highest BCUT2D eigenvalue weighted by atomic mass is 35.5. The van der Waals surface area contributed by atoms with Crippen LogP contribution in [0.5, 0.6) is 0 Å². The molecule has 0 aliphatic heterocycles. The zero-order valence-electron chi connectivity index (χ0n) is 13.8. The SMILES string of the molecule is CCNCc1ccccc1NC(=O)CCc1ccc(C)cc1.Cl. The first-order valence-electron chi connectivity index (χ1n) is 7.83. The fourth-order valence-corrected chi connectivity index (χ4v) is 2.28. The summed E-state index contributed by atoms with van der Waals surface area (Å²) in [6.45, 7) is 5.82. The summed E-state index contributed by atoms with van der Waals surface area (Å²) in [6.07, 6.45) is 1.26. The van der Waals surface area contributed by atoms with Crippen molar-refractivity contribution in [2.45, 2.75) is 33.2 Å². The van der Waals surface area contributed by atoms with E-state index in [-0.39, 0.29) is 18.3 Å². The molecule has 0 radical (unpaired) electrons. The number of nitrogens with one attached hydrogen (secondary N) is 2. The summed E-state index contributed by atoms with van der Waals surface area (Å²) in [7, 11) is 0. The molecular formula is C19H25ClN2O. The van der Waals surface area contributed by atoms with Crippen molar-refractivity contribution in [1.82, 2.24) is 5.32 Å². The Balaban J connectivity index is 0.00000264. The molecule has 3 nitrogen and oxygen atoms in total. The normalized spacial score (nSPS) is 10.0. The zero-order chi connectivity index (χ0) is 15.8. The van der Waals surface area contributed by atoms with Crippen LogP contribution in [0.4, 0.5) is 5.69 Å². The van der Waals surface area contributed by atoms with Gasteiger partial charge in [0.2, 0.25) is 5.91 Å². The van der Waals surface area contributed by atoms with E-state index in [1.807, 2.05) is 24.3 Å². The molecule has 0 aliphatic rings. The minimum Gasteiger partial charge on any atom is -0.326 e. The summed E-state index contributed by atoms with van der Waals surface area (Å²) in [5.74, 6) is 0.0597. The predicted molar refractivity (Wildman–Crippen MR) is 99.2 cm³/mol. The zero-order valence-corrected chi connectivity index (χ0v) is 14.6. The molecule has 0 spiro atoms. The Bertz CT molecular complexity index is 611. The highest BCUT2D eigenvalue weighted by Crippen LogP contribution is 2.15. The highest BCUT2D eigenvalue weighted by molar-refractivity contribution is 5.91. The number of carbonyl (C=O) groups excluding carboxylic acids is 1. The molecule has 0 aliphatic carbocycles. The number of anilines is 1. The number of hydrogen-bond donors (Lipinski definition) is 2. The second-order valence-electron chi connectivity index (χ2n) is 5.47. The van der Waals surface area contributed by atoms with Crippen LogP contribution in [0, 0.1) is 6.92 Å². The molecule has 0 atom stereocenters. The summed E-state index contributed by atoms with van der Waals surface area (Å²) in [6, 6.07) is 16.3. The van der Waals surface area contributed by atoms with Gasteiger partial charge in [-0.15, -0.1) is 12.4 Å². The molecule has 0 unspecified atom stereocenters. The molecule has 0 aromatic heterocycles. The van der Waals surface area contributed by atoms with Crippen molar-refractivity contribution >= 4 is 24.0 Å². The van der Waals surface area contributed by atoms with Crippen LogP contribution in [0.3, 0.4) is 0 Å². The monoisotopic (exact) mass is 332 g/mol. The Morgan fingerprint density at radius 1 is 1.04 bits per heavy atom. The molecule has 4 heteroatoms. The largest absolute Gasteiger partial charge is 0.326 e. The molecule has 23 heavy (non-hydrogen) atoms. The topological polar surface area (TPSA) is 41.1 Å². The third-order valence-corrected chi connectivity index (χ3v) is 3.62. The maximum Gasteiger partial charge on any atom is 0.224 e. The molecule has 124 valence electrons. The molecule has 2 rings (SSSR count). The van der Waals surface area contributed by atoms with Crippen LogP contribution < -0.4 is 10.6 Å². The predicted octanol–water partition coefficient (Wildman–Crippen LogP) is 4.10. The Labute approximate surface area is 144 Å². The van der Waals surface area contributed by atoms with Gasteiger partial charge in [0.25, 0.3) is 0 Å². The molecule has 2 aromatic carbocycles. The summed E-state index contributed by atoms with van der Waals surface area (Å²) in [5.41, 5.74) is 4.46. The lowest BCUT2D eigenvalue weighted by molar-refractivity contribution is -0.116. The van der Waals surface area contributed by atoms with Crippen molar-refractivity contribution in [3.05, 3.63) is 65.2 Å². The Morgan fingerprint density at radius 3 is 2.43 bits per heavy atom. The van der Waals surface area contributed by atoms with E-state index in [0.717, 1.165) is 30.8 Å². The number of aryl methyl sites for hydroxylation is 2. The number of amides is 1. The van der Waals surface area contributed by atoms with Gasteiger partial charge in [-0.2, -0.15) is 0 Å². The first-order valence-corrected chi connectivity index (χ1v) is 7.83. The third kappa shape index (κ3) is 6.43. The number of para-hydroxylation sites is 1. The lowest BCUT2D eigenvalue weighted by Gasteiger charge is -2.11. The van der Waals surface area contributed by atoms with Crippen molar-refractivity contribution in [2.75, 3.05) is 11.9 Å². The molecule has 0 saturated heterocycles. The van der Waals surface area contributed by atoms with Gasteiger partial charge in [0.05, 0.1) is 0 Å². The average Bonchev–Trinajstić information content (AvgIpc) is 2.53. The second kappa shape index (κ2) is 10.0.